The fraction of sp³-hybridized carbons (Fsp3) is 0.400. The van der Waals surface area contributed by atoms with Gasteiger partial charge in [-0.2, -0.15) is 0 Å². The van der Waals surface area contributed by atoms with E-state index in [-0.39, 0.29) is 0 Å². The molecule has 2 aromatic rings. The molecule has 3 N–H and O–H groups in total. The van der Waals surface area contributed by atoms with Crippen molar-refractivity contribution >= 4 is 22.3 Å². The second kappa shape index (κ2) is 6.07. The average Bonchev–Trinajstić information content (AvgIpc) is 2.50. The molecule has 0 atom stereocenters. The number of hydrogen-bond donors (Lipinski definition) is 2. The minimum atomic E-state index is 0.700. The molecule has 5 heteroatoms. The molecule has 0 saturated carbocycles. The van der Waals surface area contributed by atoms with E-state index in [1.165, 1.54) is 0 Å². The zero-order valence-electron chi connectivity index (χ0n) is 11.5. The van der Waals surface area contributed by atoms with E-state index in [0.717, 1.165) is 56.0 Å². The van der Waals surface area contributed by atoms with Crippen molar-refractivity contribution in [3.05, 3.63) is 30.5 Å². The third kappa shape index (κ3) is 2.84. The molecule has 1 aromatic carbocycles. The number of rotatable bonds is 4. The molecular formula is C15H20N4O. The van der Waals surface area contributed by atoms with Crippen molar-refractivity contribution in [2.45, 2.75) is 0 Å². The first kappa shape index (κ1) is 13.1. The van der Waals surface area contributed by atoms with Gasteiger partial charge in [-0.3, -0.25) is 9.88 Å². The molecule has 1 saturated heterocycles. The van der Waals surface area contributed by atoms with Crippen molar-refractivity contribution in [1.29, 1.82) is 0 Å². The van der Waals surface area contributed by atoms with Gasteiger partial charge in [0.2, 0.25) is 0 Å². The van der Waals surface area contributed by atoms with Gasteiger partial charge in [-0.05, 0) is 6.07 Å². The van der Waals surface area contributed by atoms with E-state index in [9.17, 15) is 0 Å². The standard InChI is InChI=1S/C15H20N4O/c16-13-11-18-14-4-2-1-3-12(14)15(13)17-5-6-19-7-9-20-10-8-19/h1-4,11H,5-10,16H2,(H,17,18). The van der Waals surface area contributed by atoms with Crippen molar-refractivity contribution in [2.24, 2.45) is 0 Å². The number of nitrogens with two attached hydrogens (primary N) is 1. The highest BCUT2D eigenvalue weighted by Gasteiger charge is 2.10. The Balaban J connectivity index is 1.68. The first-order valence-electron chi connectivity index (χ1n) is 7.02. The Bertz CT molecular complexity index is 581. The molecule has 20 heavy (non-hydrogen) atoms. The molecule has 0 unspecified atom stereocenters. The van der Waals surface area contributed by atoms with E-state index >= 15 is 0 Å². The van der Waals surface area contributed by atoms with Gasteiger partial charge in [0, 0.05) is 31.6 Å². The van der Waals surface area contributed by atoms with Crippen LogP contribution in [-0.2, 0) is 4.74 Å². The first-order valence-corrected chi connectivity index (χ1v) is 7.02. The van der Waals surface area contributed by atoms with Crippen molar-refractivity contribution in [1.82, 2.24) is 9.88 Å². The highest BCUT2D eigenvalue weighted by atomic mass is 16.5. The van der Waals surface area contributed by atoms with Crippen LogP contribution in [0.3, 0.4) is 0 Å². The summed E-state index contributed by atoms with van der Waals surface area (Å²) in [6.45, 7) is 5.56. The van der Waals surface area contributed by atoms with Crippen molar-refractivity contribution in [2.75, 3.05) is 50.4 Å². The van der Waals surface area contributed by atoms with Crippen molar-refractivity contribution < 1.29 is 4.74 Å². The zero-order valence-corrected chi connectivity index (χ0v) is 11.5. The Hall–Kier alpha value is -1.85. The van der Waals surface area contributed by atoms with Crippen LogP contribution in [0.2, 0.25) is 0 Å². The number of ether oxygens (including phenoxy) is 1. The highest BCUT2D eigenvalue weighted by Crippen LogP contribution is 2.27. The predicted octanol–water partition coefficient (Wildman–Crippen LogP) is 1.56. The van der Waals surface area contributed by atoms with Crippen LogP contribution in [0.15, 0.2) is 30.5 Å². The molecule has 2 heterocycles. The summed E-state index contributed by atoms with van der Waals surface area (Å²) in [5, 5.41) is 4.53. The minimum Gasteiger partial charge on any atom is -0.396 e. The lowest BCUT2D eigenvalue weighted by Crippen LogP contribution is -2.39. The number of aromatic nitrogens is 1. The summed E-state index contributed by atoms with van der Waals surface area (Å²) < 4.78 is 5.35. The molecule has 5 nitrogen and oxygen atoms in total. The monoisotopic (exact) mass is 272 g/mol. The van der Waals surface area contributed by atoms with E-state index in [1.54, 1.807) is 6.20 Å². The molecule has 1 aliphatic rings. The van der Waals surface area contributed by atoms with Gasteiger partial charge in [-0.25, -0.2) is 0 Å². The van der Waals surface area contributed by atoms with Crippen molar-refractivity contribution in [3.63, 3.8) is 0 Å². The van der Waals surface area contributed by atoms with Crippen LogP contribution in [0.25, 0.3) is 10.9 Å². The van der Waals surface area contributed by atoms with Crippen LogP contribution in [-0.4, -0.2) is 49.3 Å². The summed E-state index contributed by atoms with van der Waals surface area (Å²) in [5.74, 6) is 0. The molecule has 106 valence electrons. The molecule has 1 fully saturated rings. The summed E-state index contributed by atoms with van der Waals surface area (Å²) >= 11 is 0. The van der Waals surface area contributed by atoms with E-state index in [2.05, 4.69) is 21.3 Å². The Labute approximate surface area is 118 Å². The fourth-order valence-electron chi connectivity index (χ4n) is 2.52. The summed E-state index contributed by atoms with van der Waals surface area (Å²) in [4.78, 5) is 6.75. The summed E-state index contributed by atoms with van der Waals surface area (Å²) in [7, 11) is 0. The normalized spacial score (nSPS) is 16.4. The van der Waals surface area contributed by atoms with E-state index < -0.39 is 0 Å². The summed E-state index contributed by atoms with van der Waals surface area (Å²) in [6, 6.07) is 8.05. The molecule has 0 aliphatic carbocycles. The molecule has 3 rings (SSSR count). The maximum Gasteiger partial charge on any atom is 0.0743 e. The Morgan fingerprint density at radius 1 is 1.25 bits per heavy atom. The lowest BCUT2D eigenvalue weighted by Gasteiger charge is -2.26. The van der Waals surface area contributed by atoms with Gasteiger partial charge < -0.3 is 15.8 Å². The maximum atomic E-state index is 6.05. The molecule has 0 radical (unpaired) electrons. The van der Waals surface area contributed by atoms with Crippen LogP contribution < -0.4 is 11.1 Å². The third-order valence-corrected chi connectivity index (χ3v) is 3.64. The number of hydrogen-bond acceptors (Lipinski definition) is 5. The average molecular weight is 272 g/mol. The summed E-state index contributed by atoms with van der Waals surface area (Å²) in [6.07, 6.45) is 1.72. The largest absolute Gasteiger partial charge is 0.396 e. The number of nitrogen functional groups attached to an aromatic ring is 1. The predicted molar refractivity (Wildman–Crippen MR) is 81.9 cm³/mol. The molecule has 0 bridgehead atoms. The van der Waals surface area contributed by atoms with Gasteiger partial charge in [-0.15, -0.1) is 0 Å². The number of fused-ring (bicyclic) bond motifs is 1. The molecule has 1 aromatic heterocycles. The number of para-hydroxylation sites is 1. The van der Waals surface area contributed by atoms with Gasteiger partial charge in [0.25, 0.3) is 0 Å². The Morgan fingerprint density at radius 2 is 2.05 bits per heavy atom. The van der Waals surface area contributed by atoms with Crippen LogP contribution in [0.5, 0.6) is 0 Å². The smallest absolute Gasteiger partial charge is 0.0743 e. The van der Waals surface area contributed by atoms with Crippen LogP contribution >= 0.6 is 0 Å². The maximum absolute atomic E-state index is 6.05. The number of pyridine rings is 1. The van der Waals surface area contributed by atoms with Crippen LogP contribution in [0.1, 0.15) is 0 Å². The highest BCUT2D eigenvalue weighted by molar-refractivity contribution is 5.96. The number of nitrogens with zero attached hydrogens (tertiary/aromatic N) is 2. The van der Waals surface area contributed by atoms with Crippen molar-refractivity contribution in [3.8, 4) is 0 Å². The zero-order chi connectivity index (χ0) is 13.8. The number of morpholine rings is 1. The quantitative estimate of drug-likeness (QED) is 0.884. The van der Waals surface area contributed by atoms with E-state index in [0.29, 0.717) is 5.69 Å². The molecule has 1 aliphatic heterocycles. The molecule has 0 spiro atoms. The number of benzene rings is 1. The molecule has 0 amide bonds. The second-order valence-corrected chi connectivity index (χ2v) is 4.99. The first-order chi connectivity index (χ1) is 9.84. The van der Waals surface area contributed by atoms with E-state index in [1.807, 2.05) is 18.2 Å². The lowest BCUT2D eigenvalue weighted by molar-refractivity contribution is 0.0398. The number of anilines is 2. The number of nitrogens with one attached hydrogen (secondary N) is 1. The van der Waals surface area contributed by atoms with Gasteiger partial charge in [-0.1, -0.05) is 18.2 Å². The van der Waals surface area contributed by atoms with Gasteiger partial charge in [0.15, 0.2) is 0 Å². The molecular weight excluding hydrogens is 252 g/mol. The Morgan fingerprint density at radius 3 is 2.90 bits per heavy atom. The Kier molecular flexibility index (Phi) is 3.99. The second-order valence-electron chi connectivity index (χ2n) is 4.99. The summed E-state index contributed by atoms with van der Waals surface area (Å²) in [5.41, 5.74) is 8.70. The van der Waals surface area contributed by atoms with Crippen LogP contribution in [0.4, 0.5) is 11.4 Å². The lowest BCUT2D eigenvalue weighted by atomic mass is 10.1. The topological polar surface area (TPSA) is 63.4 Å². The van der Waals surface area contributed by atoms with Crippen LogP contribution in [0, 0.1) is 0 Å². The third-order valence-electron chi connectivity index (χ3n) is 3.64. The fourth-order valence-corrected chi connectivity index (χ4v) is 2.52. The van der Waals surface area contributed by atoms with Gasteiger partial charge in [0.1, 0.15) is 0 Å². The minimum absolute atomic E-state index is 0.700. The van der Waals surface area contributed by atoms with E-state index in [4.69, 9.17) is 10.5 Å². The van der Waals surface area contributed by atoms with Gasteiger partial charge >= 0.3 is 0 Å². The SMILES string of the molecule is Nc1cnc2ccccc2c1NCCN1CCOCC1. The van der Waals surface area contributed by atoms with Gasteiger partial charge in [0.05, 0.1) is 36.3 Å².